The molecule has 1 atom stereocenters. The highest BCUT2D eigenvalue weighted by Crippen LogP contribution is 2.23. The van der Waals surface area contributed by atoms with Crippen LogP contribution in [0.1, 0.15) is 30.9 Å². The second-order valence-electron chi connectivity index (χ2n) is 6.73. The zero-order valence-corrected chi connectivity index (χ0v) is 15.0. The Bertz CT molecular complexity index is 731. The summed E-state index contributed by atoms with van der Waals surface area (Å²) in [6.45, 7) is 4.56. The van der Waals surface area contributed by atoms with Gasteiger partial charge in [0.15, 0.2) is 0 Å². The van der Waals surface area contributed by atoms with Crippen molar-refractivity contribution in [1.29, 1.82) is 0 Å². The second-order valence-corrected chi connectivity index (χ2v) is 6.73. The summed E-state index contributed by atoms with van der Waals surface area (Å²) < 4.78 is 26.2. The third-order valence-electron chi connectivity index (χ3n) is 4.93. The lowest BCUT2D eigenvalue weighted by molar-refractivity contribution is -0.136. The van der Waals surface area contributed by atoms with Gasteiger partial charge in [0.2, 0.25) is 5.91 Å². The molecular formula is C21H24F2N2O. The number of rotatable bonds is 6. The van der Waals surface area contributed by atoms with E-state index in [-0.39, 0.29) is 23.6 Å². The SMILES string of the molecule is CCN(Cc1ccc(F)cc1)C(=O)C1CCCN1Cc1ccc(F)cc1. The molecule has 0 bridgehead atoms. The van der Waals surface area contributed by atoms with Gasteiger partial charge >= 0.3 is 0 Å². The maximum atomic E-state index is 13.1. The van der Waals surface area contributed by atoms with Crippen LogP contribution in [0.25, 0.3) is 0 Å². The Hall–Kier alpha value is -2.27. The summed E-state index contributed by atoms with van der Waals surface area (Å²) in [4.78, 5) is 17.0. The Morgan fingerprint density at radius 1 is 1.04 bits per heavy atom. The summed E-state index contributed by atoms with van der Waals surface area (Å²) in [7, 11) is 0. The number of amides is 1. The molecule has 3 rings (SSSR count). The van der Waals surface area contributed by atoms with E-state index in [0.717, 1.165) is 30.5 Å². The Morgan fingerprint density at radius 3 is 2.19 bits per heavy atom. The van der Waals surface area contributed by atoms with Crippen molar-refractivity contribution in [3.05, 3.63) is 71.3 Å². The van der Waals surface area contributed by atoms with Crippen molar-refractivity contribution in [2.45, 2.75) is 38.9 Å². The fraction of sp³-hybridized carbons (Fsp3) is 0.381. The molecule has 1 saturated heterocycles. The number of halogens is 2. The van der Waals surface area contributed by atoms with Crippen LogP contribution in [-0.4, -0.2) is 34.8 Å². The highest BCUT2D eigenvalue weighted by molar-refractivity contribution is 5.82. The smallest absolute Gasteiger partial charge is 0.240 e. The van der Waals surface area contributed by atoms with Gasteiger partial charge in [0, 0.05) is 19.6 Å². The molecule has 5 heteroatoms. The quantitative estimate of drug-likeness (QED) is 0.780. The Morgan fingerprint density at radius 2 is 1.62 bits per heavy atom. The van der Waals surface area contributed by atoms with E-state index in [9.17, 15) is 13.6 Å². The van der Waals surface area contributed by atoms with E-state index in [2.05, 4.69) is 4.90 Å². The Labute approximate surface area is 153 Å². The molecule has 3 nitrogen and oxygen atoms in total. The average molecular weight is 358 g/mol. The molecule has 1 heterocycles. The zero-order valence-electron chi connectivity index (χ0n) is 15.0. The molecule has 138 valence electrons. The molecule has 1 fully saturated rings. The summed E-state index contributed by atoms with van der Waals surface area (Å²) in [5.41, 5.74) is 1.93. The zero-order chi connectivity index (χ0) is 18.5. The van der Waals surface area contributed by atoms with Crippen LogP contribution in [0.4, 0.5) is 8.78 Å². The van der Waals surface area contributed by atoms with Gasteiger partial charge < -0.3 is 4.90 Å². The van der Waals surface area contributed by atoms with Gasteiger partial charge in [0.1, 0.15) is 11.6 Å². The van der Waals surface area contributed by atoms with E-state index >= 15 is 0 Å². The van der Waals surface area contributed by atoms with Gasteiger partial charge in [-0.1, -0.05) is 24.3 Å². The van der Waals surface area contributed by atoms with Crippen molar-refractivity contribution < 1.29 is 13.6 Å². The second kappa shape index (κ2) is 8.41. The van der Waals surface area contributed by atoms with Gasteiger partial charge in [-0.15, -0.1) is 0 Å². The number of likely N-dealkylation sites (tertiary alicyclic amines) is 1. The van der Waals surface area contributed by atoms with Crippen LogP contribution in [0.5, 0.6) is 0 Å². The number of carbonyl (C=O) groups excluding carboxylic acids is 1. The van der Waals surface area contributed by atoms with Crippen molar-refractivity contribution in [3.8, 4) is 0 Å². The first-order valence-corrected chi connectivity index (χ1v) is 9.08. The maximum absolute atomic E-state index is 13.1. The first-order valence-electron chi connectivity index (χ1n) is 9.08. The van der Waals surface area contributed by atoms with Crippen LogP contribution in [0.3, 0.4) is 0 Å². The van der Waals surface area contributed by atoms with E-state index in [1.54, 1.807) is 24.3 Å². The first-order chi connectivity index (χ1) is 12.6. The monoisotopic (exact) mass is 358 g/mol. The van der Waals surface area contributed by atoms with Gasteiger partial charge in [0.25, 0.3) is 0 Å². The molecule has 26 heavy (non-hydrogen) atoms. The fourth-order valence-electron chi connectivity index (χ4n) is 3.49. The molecule has 0 aliphatic carbocycles. The number of hydrogen-bond donors (Lipinski definition) is 0. The topological polar surface area (TPSA) is 23.6 Å². The lowest BCUT2D eigenvalue weighted by Crippen LogP contribution is -2.45. The molecular weight excluding hydrogens is 334 g/mol. The maximum Gasteiger partial charge on any atom is 0.240 e. The van der Waals surface area contributed by atoms with Crippen molar-refractivity contribution in [3.63, 3.8) is 0 Å². The number of hydrogen-bond acceptors (Lipinski definition) is 2. The third-order valence-corrected chi connectivity index (χ3v) is 4.93. The van der Waals surface area contributed by atoms with Crippen LogP contribution < -0.4 is 0 Å². The highest BCUT2D eigenvalue weighted by atomic mass is 19.1. The van der Waals surface area contributed by atoms with E-state index in [4.69, 9.17) is 0 Å². The molecule has 0 spiro atoms. The molecule has 0 saturated carbocycles. The minimum Gasteiger partial charge on any atom is -0.337 e. The predicted octanol–water partition coefficient (Wildman–Crippen LogP) is 3.98. The number of nitrogens with zero attached hydrogens (tertiary/aromatic N) is 2. The minimum absolute atomic E-state index is 0.108. The third kappa shape index (κ3) is 4.47. The Balaban J connectivity index is 1.67. The summed E-state index contributed by atoms with van der Waals surface area (Å²) in [6.07, 6.45) is 1.81. The number of carbonyl (C=O) groups is 1. The van der Waals surface area contributed by atoms with Crippen LogP contribution in [-0.2, 0) is 17.9 Å². The lowest BCUT2D eigenvalue weighted by Gasteiger charge is -2.30. The molecule has 2 aromatic rings. The van der Waals surface area contributed by atoms with Gasteiger partial charge in [-0.05, 0) is 61.7 Å². The van der Waals surface area contributed by atoms with Crippen molar-refractivity contribution in [2.24, 2.45) is 0 Å². The van der Waals surface area contributed by atoms with Gasteiger partial charge in [-0.25, -0.2) is 8.78 Å². The molecule has 2 aromatic carbocycles. The van der Waals surface area contributed by atoms with Crippen LogP contribution in [0, 0.1) is 11.6 Å². The summed E-state index contributed by atoms with van der Waals surface area (Å²) in [6, 6.07) is 12.6. The molecule has 1 aliphatic heterocycles. The van der Waals surface area contributed by atoms with Crippen LogP contribution >= 0.6 is 0 Å². The standard InChI is InChI=1S/C21H24F2N2O/c1-2-24(14-16-5-9-18(22)10-6-16)21(26)20-4-3-13-25(20)15-17-7-11-19(23)12-8-17/h5-12,20H,2-4,13-15H2,1H3. The molecule has 1 amide bonds. The van der Waals surface area contributed by atoms with Gasteiger partial charge in [-0.2, -0.15) is 0 Å². The summed E-state index contributed by atoms with van der Waals surface area (Å²) in [5, 5.41) is 0. The van der Waals surface area contributed by atoms with E-state index < -0.39 is 0 Å². The number of likely N-dealkylation sites (N-methyl/N-ethyl adjacent to an activating group) is 1. The molecule has 1 unspecified atom stereocenters. The van der Waals surface area contributed by atoms with Crippen molar-refractivity contribution in [2.75, 3.05) is 13.1 Å². The summed E-state index contributed by atoms with van der Waals surface area (Å²) in [5.74, 6) is -0.417. The average Bonchev–Trinajstić information content (AvgIpc) is 3.10. The van der Waals surface area contributed by atoms with Gasteiger partial charge in [-0.3, -0.25) is 9.69 Å². The van der Waals surface area contributed by atoms with Crippen LogP contribution in [0.15, 0.2) is 48.5 Å². The Kier molecular flexibility index (Phi) is 5.99. The normalized spacial score (nSPS) is 17.4. The molecule has 0 N–H and O–H groups in total. The molecule has 0 radical (unpaired) electrons. The summed E-state index contributed by atoms with van der Waals surface area (Å²) >= 11 is 0. The van der Waals surface area contributed by atoms with E-state index in [0.29, 0.717) is 19.6 Å². The highest BCUT2D eigenvalue weighted by Gasteiger charge is 2.33. The lowest BCUT2D eigenvalue weighted by atomic mass is 10.1. The van der Waals surface area contributed by atoms with Crippen molar-refractivity contribution in [1.82, 2.24) is 9.80 Å². The van der Waals surface area contributed by atoms with E-state index in [1.165, 1.54) is 24.3 Å². The predicted molar refractivity (Wildman–Crippen MR) is 97.3 cm³/mol. The first kappa shape index (κ1) is 18.5. The van der Waals surface area contributed by atoms with E-state index in [1.807, 2.05) is 11.8 Å². The molecule has 0 aromatic heterocycles. The fourth-order valence-corrected chi connectivity index (χ4v) is 3.49. The minimum atomic E-state index is -0.274. The van der Waals surface area contributed by atoms with Crippen molar-refractivity contribution >= 4 is 5.91 Å². The number of benzene rings is 2. The molecule has 1 aliphatic rings. The largest absolute Gasteiger partial charge is 0.337 e. The van der Waals surface area contributed by atoms with Crippen LogP contribution in [0.2, 0.25) is 0 Å². The van der Waals surface area contributed by atoms with Gasteiger partial charge in [0.05, 0.1) is 6.04 Å².